The molecule has 6 fully saturated rings. The summed E-state index contributed by atoms with van der Waals surface area (Å²) in [6.07, 6.45) is 11.3. The molecule has 0 amide bonds. The number of fused-ring (bicyclic) bond motifs is 6. The van der Waals surface area contributed by atoms with Gasteiger partial charge >= 0.3 is 12.1 Å². The molecule has 0 N–H and O–H groups in total. The predicted octanol–water partition coefficient (Wildman–Crippen LogP) is 9.37. The SMILES string of the molecule is CC(C)CCC[C@@H](C)[C@H]1CC[C@H]2[C@@H]3CC[C@H]4C[C@@H](O[C@@H]5O[C@@H](C)[C@H](OC(=O)c6ccccc6)[C@H]6OC(=O)O[C@@H]56)CC[C@]4(C)[C@H]3CC[C@]12C. The highest BCUT2D eigenvalue weighted by Gasteiger charge is 2.61. The highest BCUT2D eigenvalue weighted by Crippen LogP contribution is 2.68. The lowest BCUT2D eigenvalue weighted by Crippen LogP contribution is -2.59. The van der Waals surface area contributed by atoms with Crippen LogP contribution >= 0.6 is 0 Å². The molecule has 4 saturated carbocycles. The van der Waals surface area contributed by atoms with E-state index in [1.54, 1.807) is 24.3 Å². The molecule has 6 aliphatic rings. The third-order valence-corrected chi connectivity index (χ3v) is 14.6. The van der Waals surface area contributed by atoms with E-state index in [2.05, 4.69) is 34.6 Å². The Bertz CT molecular complexity index is 1300. The summed E-state index contributed by atoms with van der Waals surface area (Å²) in [4.78, 5) is 25.2. The second-order valence-corrected chi connectivity index (χ2v) is 17.6. The van der Waals surface area contributed by atoms with Gasteiger partial charge in [0.25, 0.3) is 0 Å². The number of ether oxygens (including phenoxy) is 5. The maximum atomic E-state index is 12.9. The number of esters is 1. The van der Waals surface area contributed by atoms with E-state index in [9.17, 15) is 9.59 Å². The molecule has 0 radical (unpaired) electrons. The van der Waals surface area contributed by atoms with Crippen molar-refractivity contribution in [2.24, 2.45) is 52.3 Å². The molecular weight excluding hydrogens is 604 g/mol. The van der Waals surface area contributed by atoms with E-state index in [-0.39, 0.29) is 6.10 Å². The van der Waals surface area contributed by atoms with E-state index in [1.807, 2.05) is 13.0 Å². The first-order chi connectivity index (χ1) is 23.0. The van der Waals surface area contributed by atoms with Gasteiger partial charge < -0.3 is 23.7 Å². The van der Waals surface area contributed by atoms with Crippen molar-refractivity contribution < 1.29 is 33.3 Å². The van der Waals surface area contributed by atoms with Gasteiger partial charge in [0.1, 0.15) is 0 Å². The van der Waals surface area contributed by atoms with E-state index in [1.165, 1.54) is 64.2 Å². The number of carbonyl (C=O) groups is 2. The normalized spacial score (nSPS) is 44.1. The van der Waals surface area contributed by atoms with Crippen LogP contribution in [0.1, 0.15) is 129 Å². The summed E-state index contributed by atoms with van der Waals surface area (Å²) in [6, 6.07) is 8.83. The number of hydrogen-bond acceptors (Lipinski definition) is 7. The van der Waals surface area contributed by atoms with Crippen LogP contribution in [0.4, 0.5) is 4.79 Å². The Labute approximate surface area is 288 Å². The van der Waals surface area contributed by atoms with Gasteiger partial charge in [0.15, 0.2) is 24.6 Å². The van der Waals surface area contributed by atoms with E-state index in [0.717, 1.165) is 48.3 Å². The highest BCUT2D eigenvalue weighted by molar-refractivity contribution is 5.89. The maximum absolute atomic E-state index is 12.9. The molecule has 7 heteroatoms. The Hall–Kier alpha value is -2.12. The fraction of sp³-hybridized carbons (Fsp3) is 0.805. The Morgan fingerprint density at radius 3 is 2.40 bits per heavy atom. The van der Waals surface area contributed by atoms with Crippen molar-refractivity contribution in [1.82, 2.24) is 0 Å². The van der Waals surface area contributed by atoms with E-state index in [4.69, 9.17) is 23.7 Å². The molecule has 7 rings (SSSR count). The van der Waals surface area contributed by atoms with Crippen molar-refractivity contribution in [3.63, 3.8) is 0 Å². The first-order valence-electron chi connectivity index (χ1n) is 19.4. The first kappa shape index (κ1) is 34.3. The molecule has 0 aromatic heterocycles. The van der Waals surface area contributed by atoms with Crippen molar-refractivity contribution in [2.45, 2.75) is 155 Å². The van der Waals surface area contributed by atoms with Crippen LogP contribution in [0.2, 0.25) is 0 Å². The van der Waals surface area contributed by atoms with E-state index in [0.29, 0.717) is 22.3 Å². The molecule has 0 spiro atoms. The molecule has 0 unspecified atom stereocenters. The van der Waals surface area contributed by atoms with Crippen LogP contribution in [0.5, 0.6) is 0 Å². The van der Waals surface area contributed by atoms with E-state index < -0.39 is 42.8 Å². The second kappa shape index (κ2) is 13.5. The molecule has 1 aromatic rings. The maximum Gasteiger partial charge on any atom is 0.509 e. The standard InChI is InChI=1S/C41H60O7/c1-24(2)11-10-12-25(3)31-17-18-32-30-16-15-28-23-29(19-21-40(28,5)33(30)20-22-41(31,32)6)45-38-36-35(47-39(43)48-36)34(26(4)44-38)46-37(42)27-13-8-7-9-14-27/h7-9,13-14,24-26,28-36,38H,10-12,15-23H2,1-6H3/t25-,26+,28+,29+,30+,31-,32+,33+,34+,35-,36-,38+,40+,41-/m1/s1. The summed E-state index contributed by atoms with van der Waals surface area (Å²) in [5, 5.41) is 0. The quantitative estimate of drug-likeness (QED) is 0.192. The van der Waals surface area contributed by atoms with Gasteiger partial charge in [0.05, 0.1) is 17.8 Å². The van der Waals surface area contributed by atoms with Gasteiger partial charge in [-0.05, 0) is 129 Å². The fourth-order valence-corrected chi connectivity index (χ4v) is 12.1. The average Bonchev–Trinajstić information content (AvgIpc) is 3.63. The lowest BCUT2D eigenvalue weighted by atomic mass is 9.44. The molecule has 2 heterocycles. The van der Waals surface area contributed by atoms with Crippen LogP contribution in [0, 0.1) is 52.3 Å². The summed E-state index contributed by atoms with van der Waals surface area (Å²) >= 11 is 0. The summed E-state index contributed by atoms with van der Waals surface area (Å²) in [5.74, 6) is 5.26. The molecule has 4 aliphatic carbocycles. The monoisotopic (exact) mass is 664 g/mol. The molecule has 2 aliphatic heterocycles. The zero-order valence-corrected chi connectivity index (χ0v) is 30.2. The topological polar surface area (TPSA) is 80.3 Å². The third kappa shape index (κ3) is 6.22. The van der Waals surface area contributed by atoms with Crippen LogP contribution in [0.25, 0.3) is 0 Å². The van der Waals surface area contributed by atoms with Crippen molar-refractivity contribution in [2.75, 3.05) is 0 Å². The van der Waals surface area contributed by atoms with Gasteiger partial charge in [-0.25, -0.2) is 9.59 Å². The van der Waals surface area contributed by atoms with Gasteiger partial charge in [-0.1, -0.05) is 72.1 Å². The van der Waals surface area contributed by atoms with Gasteiger partial charge in [0, 0.05) is 0 Å². The number of carbonyl (C=O) groups excluding carboxylic acids is 2. The zero-order valence-electron chi connectivity index (χ0n) is 30.2. The van der Waals surface area contributed by atoms with Gasteiger partial charge in [-0.15, -0.1) is 0 Å². The molecule has 1 aromatic carbocycles. The molecule has 0 bridgehead atoms. The van der Waals surface area contributed by atoms with Crippen LogP contribution in [0.3, 0.4) is 0 Å². The first-order valence-corrected chi connectivity index (χ1v) is 19.4. The minimum Gasteiger partial charge on any atom is -0.452 e. The minimum atomic E-state index is -0.783. The summed E-state index contributed by atoms with van der Waals surface area (Å²) in [5.41, 5.74) is 1.31. The van der Waals surface area contributed by atoms with Crippen molar-refractivity contribution in [1.29, 1.82) is 0 Å². The Morgan fingerprint density at radius 2 is 1.62 bits per heavy atom. The third-order valence-electron chi connectivity index (χ3n) is 14.6. The zero-order chi connectivity index (χ0) is 33.8. The molecular formula is C41H60O7. The Morgan fingerprint density at radius 1 is 0.896 bits per heavy atom. The summed E-state index contributed by atoms with van der Waals surface area (Å²) < 4.78 is 30.0. The Balaban J connectivity index is 0.974. The highest BCUT2D eigenvalue weighted by atomic mass is 16.8. The molecule has 7 nitrogen and oxygen atoms in total. The lowest BCUT2D eigenvalue weighted by molar-refractivity contribution is -0.289. The minimum absolute atomic E-state index is 0.0385. The van der Waals surface area contributed by atoms with Crippen LogP contribution in [-0.2, 0) is 23.7 Å². The predicted molar refractivity (Wildman–Crippen MR) is 183 cm³/mol. The molecule has 2 saturated heterocycles. The van der Waals surface area contributed by atoms with Gasteiger partial charge in [-0.2, -0.15) is 0 Å². The fourth-order valence-electron chi connectivity index (χ4n) is 12.1. The molecule has 266 valence electrons. The lowest BCUT2D eigenvalue weighted by Gasteiger charge is -2.61. The van der Waals surface area contributed by atoms with Crippen LogP contribution in [-0.4, -0.2) is 48.9 Å². The molecule has 48 heavy (non-hydrogen) atoms. The summed E-state index contributed by atoms with van der Waals surface area (Å²) in [6.45, 7) is 14.4. The largest absolute Gasteiger partial charge is 0.509 e. The van der Waals surface area contributed by atoms with Crippen molar-refractivity contribution in [3.05, 3.63) is 35.9 Å². The van der Waals surface area contributed by atoms with Crippen molar-refractivity contribution >= 4 is 12.1 Å². The summed E-state index contributed by atoms with van der Waals surface area (Å²) in [7, 11) is 0. The Kier molecular flexibility index (Phi) is 9.69. The molecule has 14 atom stereocenters. The van der Waals surface area contributed by atoms with Crippen molar-refractivity contribution in [3.8, 4) is 0 Å². The second-order valence-electron chi connectivity index (χ2n) is 17.6. The van der Waals surface area contributed by atoms with Crippen LogP contribution in [0.15, 0.2) is 30.3 Å². The smallest absolute Gasteiger partial charge is 0.452 e. The van der Waals surface area contributed by atoms with Crippen LogP contribution < -0.4 is 0 Å². The number of rotatable bonds is 9. The van der Waals surface area contributed by atoms with Gasteiger partial charge in [-0.3, -0.25) is 0 Å². The van der Waals surface area contributed by atoms with Gasteiger partial charge in [0.2, 0.25) is 0 Å². The number of benzene rings is 1. The number of hydrogen-bond donors (Lipinski definition) is 0. The average molecular weight is 665 g/mol. The van der Waals surface area contributed by atoms with E-state index >= 15 is 0 Å².